The first-order valence-corrected chi connectivity index (χ1v) is 12.9. The number of carboxylic acid groups (broad SMARTS) is 2. The molecule has 0 saturated carbocycles. The number of hydrogen-bond donors (Lipinski definition) is 2. The molecule has 1 aliphatic rings. The number of piperazine rings is 1. The van der Waals surface area contributed by atoms with E-state index < -0.39 is 24.3 Å². The monoisotopic (exact) mass is 643 g/mol. The highest BCUT2D eigenvalue weighted by Crippen LogP contribution is 2.28. The number of carbonyl (C=O) groups is 2. The summed E-state index contributed by atoms with van der Waals surface area (Å²) in [7, 11) is 3.78. The molecule has 18 heteroatoms. The van der Waals surface area contributed by atoms with Crippen molar-refractivity contribution >= 4 is 17.5 Å². The summed E-state index contributed by atoms with van der Waals surface area (Å²) in [6.45, 7) is 3.85. The van der Waals surface area contributed by atoms with Crippen LogP contribution in [0.25, 0.3) is 16.6 Å². The van der Waals surface area contributed by atoms with E-state index in [1.165, 1.54) is 5.56 Å². The molecule has 0 aromatic carbocycles. The maximum absolute atomic E-state index is 10.6. The lowest BCUT2D eigenvalue weighted by molar-refractivity contribution is -0.193. The van der Waals surface area contributed by atoms with Gasteiger partial charge >= 0.3 is 24.3 Å². The van der Waals surface area contributed by atoms with Crippen LogP contribution in [0.2, 0.25) is 0 Å². The fraction of sp³-hybridized carbons (Fsp3) is 0.333. The second kappa shape index (κ2) is 14.8. The second-order valence-corrected chi connectivity index (χ2v) is 9.50. The lowest BCUT2D eigenvalue weighted by atomic mass is 10.1. The van der Waals surface area contributed by atoms with Gasteiger partial charge in [-0.25, -0.2) is 19.1 Å². The number of hydrogen-bond acceptors (Lipinski definition) is 9. The van der Waals surface area contributed by atoms with Gasteiger partial charge < -0.3 is 14.9 Å². The van der Waals surface area contributed by atoms with E-state index in [1.54, 1.807) is 7.11 Å². The van der Waals surface area contributed by atoms with E-state index >= 15 is 0 Å². The van der Waals surface area contributed by atoms with Crippen molar-refractivity contribution in [1.29, 1.82) is 0 Å². The van der Waals surface area contributed by atoms with Gasteiger partial charge in [0.15, 0.2) is 0 Å². The number of ether oxygens (including phenoxy) is 1. The topological polar surface area (TPSA) is 146 Å². The SMILES string of the molecule is COc1ccc(-c2ccc3c(C4CN(Cc5ccncc5)CCN4C)nnn3c2)cn1.O=C(O)C(F)(F)F.O=C(O)C(F)(F)F. The Morgan fingerprint density at radius 1 is 0.933 bits per heavy atom. The Balaban J connectivity index is 0.000000331. The van der Waals surface area contributed by atoms with Crippen LogP contribution in [-0.2, 0) is 16.1 Å². The molecule has 4 aromatic rings. The number of aliphatic carboxylic acids is 2. The summed E-state index contributed by atoms with van der Waals surface area (Å²) in [5.74, 6) is -4.91. The number of likely N-dealkylation sites (N-methyl/N-ethyl adjacent to an activating group) is 1. The third kappa shape index (κ3) is 9.83. The van der Waals surface area contributed by atoms with Gasteiger partial charge in [0, 0.05) is 68.2 Å². The highest BCUT2D eigenvalue weighted by atomic mass is 19.4. The molecule has 242 valence electrons. The number of pyridine rings is 3. The molecule has 4 aromatic heterocycles. The zero-order chi connectivity index (χ0) is 33.4. The van der Waals surface area contributed by atoms with Crippen LogP contribution in [-0.4, -0.2) is 103 Å². The van der Waals surface area contributed by atoms with E-state index in [0.717, 1.165) is 48.5 Å². The molecule has 0 amide bonds. The number of halogens is 6. The normalized spacial score (nSPS) is 15.8. The second-order valence-electron chi connectivity index (χ2n) is 9.50. The maximum Gasteiger partial charge on any atom is 0.490 e. The van der Waals surface area contributed by atoms with Crippen LogP contribution in [0, 0.1) is 0 Å². The Morgan fingerprint density at radius 3 is 2.07 bits per heavy atom. The molecular formula is C27H27F6N7O5. The molecule has 0 radical (unpaired) electrons. The van der Waals surface area contributed by atoms with Gasteiger partial charge in [0.2, 0.25) is 5.88 Å². The Kier molecular flexibility index (Phi) is 11.4. The van der Waals surface area contributed by atoms with Crippen LogP contribution in [0.1, 0.15) is 17.3 Å². The minimum absolute atomic E-state index is 0.196. The summed E-state index contributed by atoms with van der Waals surface area (Å²) in [5, 5.41) is 23.2. The fourth-order valence-corrected chi connectivity index (χ4v) is 4.11. The molecule has 1 fully saturated rings. The first-order chi connectivity index (χ1) is 21.1. The van der Waals surface area contributed by atoms with Gasteiger partial charge in [-0.1, -0.05) is 11.3 Å². The summed E-state index contributed by atoms with van der Waals surface area (Å²) in [5.41, 5.74) is 5.38. The van der Waals surface area contributed by atoms with Gasteiger partial charge in [0.1, 0.15) is 5.69 Å². The lowest BCUT2D eigenvalue weighted by Gasteiger charge is -2.38. The molecule has 1 saturated heterocycles. The van der Waals surface area contributed by atoms with Gasteiger partial charge in [-0.05, 0) is 36.9 Å². The first-order valence-electron chi connectivity index (χ1n) is 12.9. The number of alkyl halides is 6. The predicted octanol–water partition coefficient (Wildman–Crippen LogP) is 3.95. The molecule has 0 spiro atoms. The standard InChI is InChI=1S/C23H25N7O.2C2HF3O2/c1-28-11-12-29(14-17-7-9-24-10-8-17)16-21(28)23-20-5-3-19(15-30(20)27-26-23)18-4-6-22(31-2)25-13-18;2*3-2(4,5)1(6)7/h3-10,13,15,21H,11-12,14,16H2,1-2H3;2*(H,6,7). The van der Waals surface area contributed by atoms with Gasteiger partial charge in [0.05, 0.1) is 18.7 Å². The Hall–Kier alpha value is -4.84. The van der Waals surface area contributed by atoms with Gasteiger partial charge in [-0.2, -0.15) is 26.3 Å². The zero-order valence-electron chi connectivity index (χ0n) is 23.7. The van der Waals surface area contributed by atoms with Crippen molar-refractivity contribution in [2.45, 2.75) is 24.9 Å². The van der Waals surface area contributed by atoms with E-state index in [4.69, 9.17) is 24.5 Å². The van der Waals surface area contributed by atoms with E-state index in [2.05, 4.69) is 61.4 Å². The molecule has 1 unspecified atom stereocenters. The van der Waals surface area contributed by atoms with Crippen LogP contribution in [0.5, 0.6) is 5.88 Å². The van der Waals surface area contributed by atoms with E-state index in [9.17, 15) is 26.3 Å². The summed E-state index contributed by atoms with van der Waals surface area (Å²) in [4.78, 5) is 31.1. The summed E-state index contributed by atoms with van der Waals surface area (Å²) < 4.78 is 70.5. The molecule has 2 N–H and O–H groups in total. The molecule has 12 nitrogen and oxygen atoms in total. The number of fused-ring (bicyclic) bond motifs is 1. The van der Waals surface area contributed by atoms with Crippen LogP contribution >= 0.6 is 0 Å². The van der Waals surface area contributed by atoms with E-state index in [0.29, 0.717) is 5.88 Å². The molecule has 5 rings (SSSR count). The molecular weight excluding hydrogens is 616 g/mol. The van der Waals surface area contributed by atoms with Crippen LogP contribution in [0.15, 0.2) is 61.2 Å². The highest BCUT2D eigenvalue weighted by Gasteiger charge is 2.39. The molecule has 0 aliphatic carbocycles. The summed E-state index contributed by atoms with van der Waals surface area (Å²) in [6, 6.07) is 12.4. The fourth-order valence-electron chi connectivity index (χ4n) is 4.11. The van der Waals surface area contributed by atoms with Gasteiger partial charge in [-0.15, -0.1) is 5.10 Å². The molecule has 1 aliphatic heterocycles. The first kappa shape index (κ1) is 34.6. The number of carboxylic acids is 2. The van der Waals surface area contributed by atoms with Crippen molar-refractivity contribution in [2.75, 3.05) is 33.8 Å². The third-order valence-corrected chi connectivity index (χ3v) is 6.41. The average Bonchev–Trinajstić information content (AvgIpc) is 3.41. The number of rotatable bonds is 5. The minimum atomic E-state index is -5.08. The molecule has 5 heterocycles. The predicted molar refractivity (Wildman–Crippen MR) is 145 cm³/mol. The van der Waals surface area contributed by atoms with Gasteiger partial charge in [0.25, 0.3) is 0 Å². The van der Waals surface area contributed by atoms with Crippen LogP contribution < -0.4 is 4.74 Å². The summed E-state index contributed by atoms with van der Waals surface area (Å²) in [6.07, 6.45) is -2.64. The van der Waals surface area contributed by atoms with Crippen molar-refractivity contribution in [2.24, 2.45) is 0 Å². The molecule has 1 atom stereocenters. The van der Waals surface area contributed by atoms with Crippen molar-refractivity contribution in [1.82, 2.24) is 34.6 Å². The van der Waals surface area contributed by atoms with Crippen molar-refractivity contribution in [3.63, 3.8) is 0 Å². The van der Waals surface area contributed by atoms with Crippen molar-refractivity contribution in [3.05, 3.63) is 72.4 Å². The Morgan fingerprint density at radius 2 is 1.53 bits per heavy atom. The van der Waals surface area contributed by atoms with Crippen molar-refractivity contribution < 1.29 is 50.9 Å². The maximum atomic E-state index is 10.6. The van der Waals surface area contributed by atoms with E-state index in [-0.39, 0.29) is 6.04 Å². The van der Waals surface area contributed by atoms with Gasteiger partial charge in [-0.3, -0.25) is 14.8 Å². The molecule has 45 heavy (non-hydrogen) atoms. The number of methoxy groups -OCH3 is 1. The molecule has 0 bridgehead atoms. The Labute approximate surface area is 251 Å². The third-order valence-electron chi connectivity index (χ3n) is 6.41. The number of aromatic nitrogens is 5. The number of nitrogens with zero attached hydrogens (tertiary/aromatic N) is 7. The van der Waals surface area contributed by atoms with E-state index in [1.807, 2.05) is 41.4 Å². The largest absolute Gasteiger partial charge is 0.490 e. The minimum Gasteiger partial charge on any atom is -0.481 e. The van der Waals surface area contributed by atoms with Crippen LogP contribution in [0.4, 0.5) is 26.3 Å². The smallest absolute Gasteiger partial charge is 0.481 e. The van der Waals surface area contributed by atoms with Crippen molar-refractivity contribution in [3.8, 4) is 17.0 Å². The Bertz CT molecular complexity index is 1540. The zero-order valence-corrected chi connectivity index (χ0v) is 23.7. The highest BCUT2D eigenvalue weighted by molar-refractivity contribution is 5.73. The summed E-state index contributed by atoms with van der Waals surface area (Å²) >= 11 is 0. The quantitative estimate of drug-likeness (QED) is 0.305. The average molecular weight is 644 g/mol. The lowest BCUT2D eigenvalue weighted by Crippen LogP contribution is -2.46. The van der Waals surface area contributed by atoms with Crippen LogP contribution in [0.3, 0.4) is 0 Å².